The van der Waals surface area contributed by atoms with E-state index >= 15 is 0 Å². The normalized spacial score (nSPS) is 10.3. The summed E-state index contributed by atoms with van der Waals surface area (Å²) >= 11 is 0. The van der Waals surface area contributed by atoms with Gasteiger partial charge in [-0.1, -0.05) is 6.07 Å². The summed E-state index contributed by atoms with van der Waals surface area (Å²) in [5, 5.41) is 8.65. The monoisotopic (exact) mass is 323 g/mol. The fourth-order valence-corrected chi connectivity index (χ4v) is 2.15. The van der Waals surface area contributed by atoms with Crippen LogP contribution in [-0.2, 0) is 6.42 Å². The molecule has 2 rings (SSSR count). The quantitative estimate of drug-likeness (QED) is 0.695. The third kappa shape index (κ3) is 3.95. The van der Waals surface area contributed by atoms with Crippen LogP contribution in [0.2, 0.25) is 0 Å². The predicted octanol–water partition coefficient (Wildman–Crippen LogP) is 5.36. The summed E-state index contributed by atoms with van der Waals surface area (Å²) in [7, 11) is 0. The van der Waals surface area contributed by atoms with E-state index in [1.165, 1.54) is 6.07 Å². The van der Waals surface area contributed by atoms with Crippen molar-refractivity contribution in [3.05, 3.63) is 71.1 Å². The molecule has 0 bridgehead atoms. The first-order chi connectivity index (χ1) is 10.9. The fraction of sp³-hybridized carbons (Fsp3) is 0.118. The molecule has 23 heavy (non-hydrogen) atoms. The van der Waals surface area contributed by atoms with Gasteiger partial charge in [-0.15, -0.1) is 0 Å². The number of nitrogens with zero attached hydrogens (tertiary/aromatic N) is 1. The minimum Gasteiger partial charge on any atom is -0.206 e. The van der Waals surface area contributed by atoms with Crippen molar-refractivity contribution in [2.75, 3.05) is 0 Å². The van der Waals surface area contributed by atoms with Gasteiger partial charge in [0, 0.05) is 0 Å². The third-order valence-corrected chi connectivity index (χ3v) is 3.21. The van der Waals surface area contributed by atoms with E-state index < -0.39 is 29.1 Å². The predicted molar refractivity (Wildman–Crippen MR) is 75.1 cm³/mol. The molecule has 0 aliphatic carbocycles. The van der Waals surface area contributed by atoms with Gasteiger partial charge in [-0.3, -0.25) is 0 Å². The molecule has 0 aromatic heterocycles. The lowest BCUT2D eigenvalue weighted by atomic mass is 9.99. The molecule has 0 saturated carbocycles. The fourth-order valence-electron chi connectivity index (χ4n) is 2.15. The molecule has 0 N–H and O–H groups in total. The molecule has 1 nitrogen and oxygen atoms in total. The standard InChI is InChI=1S/C17H10F5N/c18-13-8-11(4-5-12(13)9-23)17-14(19)6-10(7-15(17)20)2-1-3-16(21)22/h3-8H,1-2H2. The Morgan fingerprint density at radius 2 is 1.65 bits per heavy atom. The number of halogens is 5. The van der Waals surface area contributed by atoms with Crippen LogP contribution in [0.15, 0.2) is 42.5 Å². The molecule has 0 aliphatic heterocycles. The minimum absolute atomic E-state index is 0.0438. The van der Waals surface area contributed by atoms with Crippen LogP contribution < -0.4 is 0 Å². The van der Waals surface area contributed by atoms with Crippen molar-refractivity contribution in [3.8, 4) is 17.2 Å². The van der Waals surface area contributed by atoms with Gasteiger partial charge in [0.1, 0.15) is 23.5 Å². The summed E-state index contributed by atoms with van der Waals surface area (Å²) in [5.74, 6) is -2.72. The average Bonchev–Trinajstić information content (AvgIpc) is 2.46. The largest absolute Gasteiger partial charge is 0.266 e. The summed E-state index contributed by atoms with van der Waals surface area (Å²) in [6, 6.07) is 6.92. The Balaban J connectivity index is 2.36. The first-order valence-electron chi connectivity index (χ1n) is 6.61. The van der Waals surface area contributed by atoms with E-state index in [1.807, 2.05) is 0 Å². The zero-order valence-electron chi connectivity index (χ0n) is 11.7. The first-order valence-corrected chi connectivity index (χ1v) is 6.61. The maximum Gasteiger partial charge on any atom is 0.266 e. The highest BCUT2D eigenvalue weighted by atomic mass is 19.3. The Morgan fingerprint density at radius 1 is 1.00 bits per heavy atom. The molecule has 0 unspecified atom stereocenters. The highest BCUT2D eigenvalue weighted by Gasteiger charge is 2.15. The Labute approximate surface area is 129 Å². The Bertz CT molecular complexity index is 778. The van der Waals surface area contributed by atoms with Gasteiger partial charge in [0.2, 0.25) is 0 Å². The zero-order chi connectivity index (χ0) is 17.0. The maximum absolute atomic E-state index is 14.1. The van der Waals surface area contributed by atoms with Gasteiger partial charge in [-0.25, -0.2) is 13.2 Å². The molecule has 6 heteroatoms. The molecule has 0 fully saturated rings. The lowest BCUT2D eigenvalue weighted by Gasteiger charge is -2.09. The topological polar surface area (TPSA) is 23.8 Å². The average molecular weight is 323 g/mol. The van der Waals surface area contributed by atoms with Gasteiger partial charge in [-0.05, 0) is 54.3 Å². The first kappa shape index (κ1) is 16.7. The van der Waals surface area contributed by atoms with Crippen LogP contribution in [0.4, 0.5) is 22.0 Å². The molecule has 0 spiro atoms. The Morgan fingerprint density at radius 3 is 2.17 bits per heavy atom. The molecular weight excluding hydrogens is 313 g/mol. The second-order valence-corrected chi connectivity index (χ2v) is 4.77. The maximum atomic E-state index is 14.1. The van der Waals surface area contributed by atoms with Gasteiger partial charge in [0.15, 0.2) is 0 Å². The van der Waals surface area contributed by atoms with Gasteiger partial charge in [0.05, 0.1) is 11.1 Å². The van der Waals surface area contributed by atoms with Crippen LogP contribution in [0.25, 0.3) is 11.1 Å². The van der Waals surface area contributed by atoms with Crippen LogP contribution in [0.1, 0.15) is 17.5 Å². The number of hydrogen-bond acceptors (Lipinski definition) is 1. The van der Waals surface area contributed by atoms with Gasteiger partial charge in [-0.2, -0.15) is 14.0 Å². The van der Waals surface area contributed by atoms with Crippen molar-refractivity contribution in [2.24, 2.45) is 0 Å². The van der Waals surface area contributed by atoms with Gasteiger partial charge in [0.25, 0.3) is 6.08 Å². The van der Waals surface area contributed by atoms with Crippen LogP contribution in [0, 0.1) is 28.8 Å². The summed E-state index contributed by atoms with van der Waals surface area (Å²) in [6.07, 6.45) is -1.19. The van der Waals surface area contributed by atoms with Crippen LogP contribution in [-0.4, -0.2) is 0 Å². The van der Waals surface area contributed by atoms with Crippen LogP contribution in [0.3, 0.4) is 0 Å². The number of allylic oxidation sites excluding steroid dienone is 1. The van der Waals surface area contributed by atoms with Gasteiger partial charge < -0.3 is 0 Å². The minimum atomic E-state index is -1.85. The lowest BCUT2D eigenvalue weighted by molar-refractivity contribution is 0.417. The molecular formula is C17H10F5N. The summed E-state index contributed by atoms with van der Waals surface area (Å²) < 4.78 is 65.7. The second-order valence-electron chi connectivity index (χ2n) is 4.77. The number of rotatable bonds is 4. The number of nitriles is 1. The molecule has 0 saturated heterocycles. The highest BCUT2D eigenvalue weighted by molar-refractivity contribution is 5.66. The molecule has 0 heterocycles. The van der Waals surface area contributed by atoms with Gasteiger partial charge >= 0.3 is 0 Å². The van der Waals surface area contributed by atoms with Crippen molar-refractivity contribution in [3.63, 3.8) is 0 Å². The van der Waals surface area contributed by atoms with Crippen molar-refractivity contribution in [2.45, 2.75) is 12.8 Å². The van der Waals surface area contributed by atoms with E-state index in [-0.39, 0.29) is 29.5 Å². The number of aryl methyl sites for hydroxylation is 1. The number of hydrogen-bond donors (Lipinski definition) is 0. The van der Waals surface area contributed by atoms with E-state index in [0.717, 1.165) is 24.3 Å². The smallest absolute Gasteiger partial charge is 0.206 e. The molecule has 2 aromatic rings. The Kier molecular flexibility index (Phi) is 5.12. The molecule has 0 amide bonds. The number of benzene rings is 2. The molecule has 118 valence electrons. The van der Waals surface area contributed by atoms with E-state index in [9.17, 15) is 22.0 Å². The van der Waals surface area contributed by atoms with E-state index in [4.69, 9.17) is 5.26 Å². The summed E-state index contributed by atoms with van der Waals surface area (Å²) in [5.41, 5.74) is -0.483. The van der Waals surface area contributed by atoms with Crippen molar-refractivity contribution >= 4 is 0 Å². The third-order valence-electron chi connectivity index (χ3n) is 3.21. The zero-order valence-corrected chi connectivity index (χ0v) is 11.7. The van der Waals surface area contributed by atoms with E-state index in [0.29, 0.717) is 6.08 Å². The van der Waals surface area contributed by atoms with E-state index in [1.54, 1.807) is 6.07 Å². The summed E-state index contributed by atoms with van der Waals surface area (Å²) in [6.45, 7) is 0. The van der Waals surface area contributed by atoms with Crippen LogP contribution >= 0.6 is 0 Å². The van der Waals surface area contributed by atoms with E-state index in [2.05, 4.69) is 0 Å². The summed E-state index contributed by atoms with van der Waals surface area (Å²) in [4.78, 5) is 0. The highest BCUT2D eigenvalue weighted by Crippen LogP contribution is 2.29. The molecule has 0 radical (unpaired) electrons. The van der Waals surface area contributed by atoms with Crippen LogP contribution in [0.5, 0.6) is 0 Å². The molecule has 0 aliphatic rings. The molecule has 2 aromatic carbocycles. The van der Waals surface area contributed by atoms with Crippen molar-refractivity contribution in [1.29, 1.82) is 5.26 Å². The lowest BCUT2D eigenvalue weighted by Crippen LogP contribution is -1.96. The Hall–Kier alpha value is -2.68. The molecule has 0 atom stereocenters. The van der Waals surface area contributed by atoms with Crippen molar-refractivity contribution < 1.29 is 22.0 Å². The SMILES string of the molecule is N#Cc1ccc(-c2c(F)cc(CCC=C(F)F)cc2F)cc1F. The second kappa shape index (κ2) is 7.05. The van der Waals surface area contributed by atoms with Crippen molar-refractivity contribution in [1.82, 2.24) is 0 Å².